The minimum Gasteiger partial charge on any atom is -0.465 e. The van der Waals surface area contributed by atoms with Gasteiger partial charge in [-0.05, 0) is 37.6 Å². The number of carbonyl (C=O) groups is 1. The van der Waals surface area contributed by atoms with Crippen LogP contribution in [0.3, 0.4) is 0 Å². The zero-order chi connectivity index (χ0) is 12.3. The van der Waals surface area contributed by atoms with Crippen molar-refractivity contribution in [3.05, 3.63) is 59.0 Å². The quantitative estimate of drug-likeness (QED) is 0.879. The number of hydrogen-bond acceptors (Lipinski definition) is 2. The van der Waals surface area contributed by atoms with E-state index in [0.29, 0.717) is 12.1 Å². The van der Waals surface area contributed by atoms with Crippen LogP contribution in [-0.2, 0) is 6.54 Å². The Hall–Kier alpha value is -2.03. The van der Waals surface area contributed by atoms with Crippen molar-refractivity contribution in [3.8, 4) is 0 Å². The zero-order valence-corrected chi connectivity index (χ0v) is 9.99. The molecule has 2 rings (SSSR count). The van der Waals surface area contributed by atoms with E-state index in [1.807, 2.05) is 50.2 Å². The summed E-state index contributed by atoms with van der Waals surface area (Å²) in [5.41, 5.74) is 1.68. The smallest absolute Gasteiger partial charge is 0.251 e. The third-order valence-corrected chi connectivity index (χ3v) is 2.61. The highest BCUT2D eigenvalue weighted by molar-refractivity contribution is 5.95. The molecule has 0 atom stereocenters. The SMILES string of the molecule is Cc1ccc(CNC(=O)c2ccccc2C)o1. The number of furan rings is 1. The largest absolute Gasteiger partial charge is 0.465 e. The molecule has 1 heterocycles. The van der Waals surface area contributed by atoms with Gasteiger partial charge in [0.25, 0.3) is 5.91 Å². The van der Waals surface area contributed by atoms with E-state index < -0.39 is 0 Å². The molecule has 1 N–H and O–H groups in total. The normalized spacial score (nSPS) is 10.2. The molecule has 1 aromatic heterocycles. The van der Waals surface area contributed by atoms with E-state index in [4.69, 9.17) is 4.42 Å². The van der Waals surface area contributed by atoms with Gasteiger partial charge in [-0.25, -0.2) is 0 Å². The van der Waals surface area contributed by atoms with Crippen LogP contribution in [0.15, 0.2) is 40.8 Å². The molecule has 3 nitrogen and oxygen atoms in total. The van der Waals surface area contributed by atoms with E-state index in [0.717, 1.165) is 17.1 Å². The van der Waals surface area contributed by atoms with Crippen LogP contribution in [0.25, 0.3) is 0 Å². The van der Waals surface area contributed by atoms with Gasteiger partial charge >= 0.3 is 0 Å². The van der Waals surface area contributed by atoms with Gasteiger partial charge in [-0.15, -0.1) is 0 Å². The molecular weight excluding hydrogens is 214 g/mol. The van der Waals surface area contributed by atoms with Gasteiger partial charge in [-0.1, -0.05) is 18.2 Å². The molecule has 1 aromatic carbocycles. The van der Waals surface area contributed by atoms with E-state index in [9.17, 15) is 4.79 Å². The van der Waals surface area contributed by atoms with Crippen molar-refractivity contribution >= 4 is 5.91 Å². The molecule has 0 saturated heterocycles. The van der Waals surface area contributed by atoms with Gasteiger partial charge in [0.15, 0.2) is 0 Å². The molecule has 0 bridgehead atoms. The summed E-state index contributed by atoms with van der Waals surface area (Å²) in [6.07, 6.45) is 0. The monoisotopic (exact) mass is 229 g/mol. The topological polar surface area (TPSA) is 42.2 Å². The second-order valence-corrected chi connectivity index (χ2v) is 4.01. The summed E-state index contributed by atoms with van der Waals surface area (Å²) in [4.78, 5) is 11.9. The van der Waals surface area contributed by atoms with Crippen LogP contribution in [0.4, 0.5) is 0 Å². The van der Waals surface area contributed by atoms with Gasteiger partial charge in [0.05, 0.1) is 6.54 Å². The Morgan fingerprint density at radius 1 is 1.18 bits per heavy atom. The van der Waals surface area contributed by atoms with Gasteiger partial charge in [0.1, 0.15) is 11.5 Å². The molecule has 17 heavy (non-hydrogen) atoms. The highest BCUT2D eigenvalue weighted by Gasteiger charge is 2.08. The van der Waals surface area contributed by atoms with E-state index in [2.05, 4.69) is 5.32 Å². The van der Waals surface area contributed by atoms with Crippen molar-refractivity contribution in [2.75, 3.05) is 0 Å². The van der Waals surface area contributed by atoms with Gasteiger partial charge < -0.3 is 9.73 Å². The Kier molecular flexibility index (Phi) is 3.28. The van der Waals surface area contributed by atoms with E-state index >= 15 is 0 Å². The van der Waals surface area contributed by atoms with E-state index in [1.165, 1.54) is 0 Å². The molecule has 0 fully saturated rings. The van der Waals surface area contributed by atoms with Crippen LogP contribution in [-0.4, -0.2) is 5.91 Å². The molecule has 0 aliphatic carbocycles. The molecular formula is C14H15NO2. The average molecular weight is 229 g/mol. The van der Waals surface area contributed by atoms with Crippen LogP contribution in [0, 0.1) is 13.8 Å². The van der Waals surface area contributed by atoms with E-state index in [-0.39, 0.29) is 5.91 Å². The minimum atomic E-state index is -0.0721. The van der Waals surface area contributed by atoms with Crippen LogP contribution in [0.5, 0.6) is 0 Å². The molecule has 0 radical (unpaired) electrons. The predicted molar refractivity (Wildman–Crippen MR) is 65.8 cm³/mol. The molecule has 2 aromatic rings. The third-order valence-electron chi connectivity index (χ3n) is 2.61. The average Bonchev–Trinajstić information content (AvgIpc) is 2.73. The van der Waals surface area contributed by atoms with Crippen molar-refractivity contribution in [1.29, 1.82) is 0 Å². The maximum atomic E-state index is 11.9. The first-order valence-electron chi connectivity index (χ1n) is 5.56. The number of hydrogen-bond donors (Lipinski definition) is 1. The fourth-order valence-corrected chi connectivity index (χ4v) is 1.67. The summed E-state index contributed by atoms with van der Waals surface area (Å²) in [6, 6.07) is 11.3. The molecule has 0 saturated carbocycles. The maximum absolute atomic E-state index is 11.9. The fourth-order valence-electron chi connectivity index (χ4n) is 1.67. The summed E-state index contributed by atoms with van der Waals surface area (Å²) in [6.45, 7) is 4.22. The fraction of sp³-hybridized carbons (Fsp3) is 0.214. The minimum absolute atomic E-state index is 0.0721. The molecule has 0 aliphatic heterocycles. The number of amides is 1. The first-order chi connectivity index (χ1) is 8.16. The first kappa shape index (κ1) is 11.5. The summed E-state index contributed by atoms with van der Waals surface area (Å²) in [7, 11) is 0. The van der Waals surface area contributed by atoms with Crippen LogP contribution < -0.4 is 5.32 Å². The summed E-state index contributed by atoms with van der Waals surface area (Å²) in [5, 5.41) is 2.84. The summed E-state index contributed by atoms with van der Waals surface area (Å²) < 4.78 is 5.39. The number of aryl methyl sites for hydroxylation is 2. The van der Waals surface area contributed by atoms with Gasteiger partial charge in [0.2, 0.25) is 0 Å². The molecule has 0 spiro atoms. The first-order valence-corrected chi connectivity index (χ1v) is 5.56. The Morgan fingerprint density at radius 2 is 1.94 bits per heavy atom. The predicted octanol–water partition coefficient (Wildman–Crippen LogP) is 2.83. The Labute approximate surface area is 100 Å². The zero-order valence-electron chi connectivity index (χ0n) is 9.99. The Morgan fingerprint density at radius 3 is 2.59 bits per heavy atom. The number of benzene rings is 1. The van der Waals surface area contributed by atoms with E-state index in [1.54, 1.807) is 0 Å². The maximum Gasteiger partial charge on any atom is 0.251 e. The highest BCUT2D eigenvalue weighted by atomic mass is 16.3. The standard InChI is InChI=1S/C14H15NO2/c1-10-5-3-4-6-13(10)14(16)15-9-12-8-7-11(2)17-12/h3-8H,9H2,1-2H3,(H,15,16). The molecule has 0 unspecified atom stereocenters. The summed E-state index contributed by atoms with van der Waals surface area (Å²) in [5.74, 6) is 1.55. The van der Waals surface area contributed by atoms with Crippen molar-refractivity contribution < 1.29 is 9.21 Å². The van der Waals surface area contributed by atoms with Gasteiger partial charge in [-0.3, -0.25) is 4.79 Å². The lowest BCUT2D eigenvalue weighted by molar-refractivity contribution is 0.0947. The number of carbonyl (C=O) groups excluding carboxylic acids is 1. The molecule has 3 heteroatoms. The number of rotatable bonds is 3. The third kappa shape index (κ3) is 2.75. The van der Waals surface area contributed by atoms with Crippen molar-refractivity contribution in [2.24, 2.45) is 0 Å². The lowest BCUT2D eigenvalue weighted by atomic mass is 10.1. The highest BCUT2D eigenvalue weighted by Crippen LogP contribution is 2.08. The van der Waals surface area contributed by atoms with Crippen LogP contribution in [0.1, 0.15) is 27.4 Å². The number of nitrogens with one attached hydrogen (secondary N) is 1. The summed E-state index contributed by atoms with van der Waals surface area (Å²) >= 11 is 0. The van der Waals surface area contributed by atoms with Crippen molar-refractivity contribution in [2.45, 2.75) is 20.4 Å². The van der Waals surface area contributed by atoms with Crippen molar-refractivity contribution in [1.82, 2.24) is 5.32 Å². The van der Waals surface area contributed by atoms with Crippen LogP contribution in [0.2, 0.25) is 0 Å². The molecule has 1 amide bonds. The lowest BCUT2D eigenvalue weighted by Gasteiger charge is -2.05. The van der Waals surface area contributed by atoms with Gasteiger partial charge in [-0.2, -0.15) is 0 Å². The van der Waals surface area contributed by atoms with Crippen LogP contribution >= 0.6 is 0 Å². The lowest BCUT2D eigenvalue weighted by Crippen LogP contribution is -2.23. The molecule has 0 aliphatic rings. The second kappa shape index (κ2) is 4.87. The van der Waals surface area contributed by atoms with Crippen molar-refractivity contribution in [3.63, 3.8) is 0 Å². The Bertz CT molecular complexity index is 529. The van der Waals surface area contributed by atoms with Gasteiger partial charge in [0, 0.05) is 5.56 Å². The Balaban J connectivity index is 2.01. The second-order valence-electron chi connectivity index (χ2n) is 4.01. The molecule has 88 valence electrons.